The van der Waals surface area contributed by atoms with Gasteiger partial charge in [0.2, 0.25) is 11.8 Å². The molecule has 0 saturated heterocycles. The van der Waals surface area contributed by atoms with Crippen LogP contribution < -0.4 is 10.6 Å². The Balaban J connectivity index is 1.18. The van der Waals surface area contributed by atoms with Crippen LogP contribution in [0, 0.1) is 25.7 Å². The Labute approximate surface area is 194 Å². The van der Waals surface area contributed by atoms with E-state index in [-0.39, 0.29) is 29.6 Å². The van der Waals surface area contributed by atoms with Gasteiger partial charge in [-0.05, 0) is 60.8 Å². The second-order valence-corrected chi connectivity index (χ2v) is 9.49. The van der Waals surface area contributed by atoms with Crippen molar-refractivity contribution in [3.8, 4) is 0 Å². The maximum Gasteiger partial charge on any atom is 0.229 e. The van der Waals surface area contributed by atoms with Crippen molar-refractivity contribution in [1.82, 2.24) is 15.1 Å². The highest BCUT2D eigenvalue weighted by molar-refractivity contribution is 5.95. The predicted molar refractivity (Wildman–Crippen MR) is 128 cm³/mol. The summed E-state index contributed by atoms with van der Waals surface area (Å²) in [7, 11) is 1.82. The molecule has 2 amide bonds. The molecule has 2 N–H and O–H groups in total. The maximum atomic E-state index is 12.9. The van der Waals surface area contributed by atoms with Gasteiger partial charge in [-0.1, -0.05) is 48.5 Å². The molecule has 6 heteroatoms. The summed E-state index contributed by atoms with van der Waals surface area (Å²) in [4.78, 5) is 25.6. The smallest absolute Gasteiger partial charge is 0.229 e. The fourth-order valence-corrected chi connectivity index (χ4v) is 4.96. The van der Waals surface area contributed by atoms with Gasteiger partial charge in [0, 0.05) is 37.2 Å². The summed E-state index contributed by atoms with van der Waals surface area (Å²) in [5.41, 5.74) is 5.79. The fraction of sp³-hybridized carbons (Fsp3) is 0.370. The van der Waals surface area contributed by atoms with Crippen molar-refractivity contribution in [2.24, 2.45) is 18.9 Å². The maximum absolute atomic E-state index is 12.9. The number of nitrogens with one attached hydrogen (secondary N) is 2. The van der Waals surface area contributed by atoms with Crippen molar-refractivity contribution in [2.75, 3.05) is 5.32 Å². The average Bonchev–Trinajstić information content (AvgIpc) is 3.70. The highest BCUT2D eigenvalue weighted by Gasteiger charge is 2.45. The summed E-state index contributed by atoms with van der Waals surface area (Å²) in [6, 6.07) is 16.5. The van der Waals surface area contributed by atoms with Crippen LogP contribution >= 0.6 is 0 Å². The molecule has 0 unspecified atom stereocenters. The summed E-state index contributed by atoms with van der Waals surface area (Å²) in [5.74, 6) is 1.14. The number of benzene rings is 2. The van der Waals surface area contributed by atoms with Crippen molar-refractivity contribution >= 4 is 17.6 Å². The molecule has 2 saturated carbocycles. The normalized spacial score (nSPS) is 23.1. The fourth-order valence-electron chi connectivity index (χ4n) is 4.96. The molecule has 6 nitrogen and oxygen atoms in total. The van der Waals surface area contributed by atoms with Crippen LogP contribution in [-0.4, -0.2) is 21.6 Å². The lowest BCUT2D eigenvalue weighted by atomic mass is 10.0. The van der Waals surface area contributed by atoms with Gasteiger partial charge in [0.25, 0.3) is 0 Å². The number of amides is 2. The van der Waals surface area contributed by atoms with Crippen LogP contribution in [0.25, 0.3) is 0 Å². The molecule has 0 radical (unpaired) electrons. The minimum absolute atomic E-state index is 0.00339. The summed E-state index contributed by atoms with van der Waals surface area (Å²) < 4.78 is 1.68. The van der Waals surface area contributed by atoms with E-state index < -0.39 is 0 Å². The Morgan fingerprint density at radius 2 is 1.45 bits per heavy atom. The number of hydrogen-bond donors (Lipinski definition) is 2. The van der Waals surface area contributed by atoms with Crippen LogP contribution in [0.15, 0.2) is 54.7 Å². The summed E-state index contributed by atoms with van der Waals surface area (Å²) >= 11 is 0. The minimum Gasteiger partial charge on any atom is -0.352 e. The third-order valence-corrected chi connectivity index (χ3v) is 7.03. The molecule has 0 bridgehead atoms. The molecule has 33 heavy (non-hydrogen) atoms. The van der Waals surface area contributed by atoms with E-state index in [1.165, 1.54) is 22.3 Å². The predicted octanol–water partition coefficient (Wildman–Crippen LogP) is 4.20. The number of anilines is 1. The highest BCUT2D eigenvalue weighted by atomic mass is 16.2. The van der Waals surface area contributed by atoms with Gasteiger partial charge in [-0.25, -0.2) is 0 Å². The first-order valence-corrected chi connectivity index (χ1v) is 11.6. The molecule has 3 aromatic rings. The first-order valence-electron chi connectivity index (χ1n) is 11.6. The Bertz CT molecular complexity index is 1210. The third kappa shape index (κ3) is 4.42. The quantitative estimate of drug-likeness (QED) is 0.576. The molecule has 2 aliphatic rings. The number of hydrogen-bond acceptors (Lipinski definition) is 3. The molecule has 2 aliphatic carbocycles. The molecule has 2 aromatic carbocycles. The average molecular weight is 443 g/mol. The second-order valence-electron chi connectivity index (χ2n) is 9.49. The number of carbonyl (C=O) groups is 2. The minimum atomic E-state index is -0.0307. The topological polar surface area (TPSA) is 76.0 Å². The number of rotatable bonds is 7. The van der Waals surface area contributed by atoms with Crippen LogP contribution in [0.2, 0.25) is 0 Å². The van der Waals surface area contributed by atoms with Gasteiger partial charge in [-0.2, -0.15) is 5.10 Å². The van der Waals surface area contributed by atoms with E-state index in [4.69, 9.17) is 0 Å². The Morgan fingerprint density at radius 3 is 2.03 bits per heavy atom. The molecular weight excluding hydrogens is 412 g/mol. The van der Waals surface area contributed by atoms with Crippen LogP contribution in [-0.2, 0) is 23.2 Å². The molecule has 2 fully saturated rings. The van der Waals surface area contributed by atoms with E-state index in [0.29, 0.717) is 18.3 Å². The molecular formula is C27H30N4O2. The summed E-state index contributed by atoms with van der Waals surface area (Å²) in [6.45, 7) is 4.54. The van der Waals surface area contributed by atoms with Crippen LogP contribution in [0.5, 0.6) is 0 Å². The van der Waals surface area contributed by atoms with E-state index in [2.05, 4.69) is 53.8 Å². The number of carbonyl (C=O) groups excluding carboxylic acids is 2. The molecule has 4 atom stereocenters. The van der Waals surface area contributed by atoms with Crippen molar-refractivity contribution in [2.45, 2.75) is 45.1 Å². The van der Waals surface area contributed by atoms with E-state index >= 15 is 0 Å². The van der Waals surface area contributed by atoms with Gasteiger partial charge in [0.05, 0.1) is 0 Å². The standard InChI is InChI=1S/C27H30N4O2/c1-16-8-4-6-10-19(16)21-12-23(21)26(32)28-14-18-15-31(3)30-25(18)29-27(33)24-13-22(24)20-11-7-5-9-17(20)2/h4-11,15,21-24H,12-14H2,1-3H3,(H,28,32)(H,29,30,33)/t21-,22-,23-,24-/m0/s1. The van der Waals surface area contributed by atoms with Crippen LogP contribution in [0.1, 0.15) is 52.5 Å². The van der Waals surface area contributed by atoms with Crippen LogP contribution in [0.3, 0.4) is 0 Å². The zero-order chi connectivity index (χ0) is 23.1. The Morgan fingerprint density at radius 1 is 0.909 bits per heavy atom. The lowest BCUT2D eigenvalue weighted by Crippen LogP contribution is -2.25. The Hall–Kier alpha value is -3.41. The van der Waals surface area contributed by atoms with E-state index in [1.54, 1.807) is 4.68 Å². The van der Waals surface area contributed by atoms with E-state index in [0.717, 1.165) is 18.4 Å². The molecule has 0 spiro atoms. The van der Waals surface area contributed by atoms with Crippen molar-refractivity contribution in [3.05, 3.63) is 82.5 Å². The van der Waals surface area contributed by atoms with E-state index in [1.807, 2.05) is 37.5 Å². The van der Waals surface area contributed by atoms with E-state index in [9.17, 15) is 9.59 Å². The molecule has 1 aromatic heterocycles. The monoisotopic (exact) mass is 442 g/mol. The lowest BCUT2D eigenvalue weighted by Gasteiger charge is -2.08. The third-order valence-electron chi connectivity index (χ3n) is 7.03. The second kappa shape index (κ2) is 8.50. The molecule has 0 aliphatic heterocycles. The largest absolute Gasteiger partial charge is 0.352 e. The summed E-state index contributed by atoms with van der Waals surface area (Å²) in [6.07, 6.45) is 3.60. The van der Waals surface area contributed by atoms with Crippen molar-refractivity contribution in [1.29, 1.82) is 0 Å². The molecule has 170 valence electrons. The van der Waals surface area contributed by atoms with Crippen molar-refractivity contribution < 1.29 is 9.59 Å². The number of aryl methyl sites for hydroxylation is 3. The SMILES string of the molecule is Cc1ccccc1[C@@H]1C[C@@H]1C(=O)NCc1cn(C)nc1NC(=O)[C@H]1C[C@H]1c1ccccc1C. The first-order chi connectivity index (χ1) is 15.9. The molecule has 5 rings (SSSR count). The van der Waals surface area contributed by atoms with Gasteiger partial charge < -0.3 is 10.6 Å². The first kappa shape index (κ1) is 21.4. The summed E-state index contributed by atoms with van der Waals surface area (Å²) in [5, 5.41) is 10.5. The van der Waals surface area contributed by atoms with Crippen molar-refractivity contribution in [3.63, 3.8) is 0 Å². The van der Waals surface area contributed by atoms with Crippen LogP contribution in [0.4, 0.5) is 5.82 Å². The Kier molecular flexibility index (Phi) is 5.52. The number of nitrogens with zero attached hydrogens (tertiary/aromatic N) is 2. The zero-order valence-electron chi connectivity index (χ0n) is 19.3. The van der Waals surface area contributed by atoms with Gasteiger partial charge in [-0.3, -0.25) is 14.3 Å². The zero-order valence-corrected chi connectivity index (χ0v) is 19.3. The molecule has 1 heterocycles. The number of aromatic nitrogens is 2. The van der Waals surface area contributed by atoms with Gasteiger partial charge >= 0.3 is 0 Å². The highest BCUT2D eigenvalue weighted by Crippen LogP contribution is 2.49. The van der Waals surface area contributed by atoms with Gasteiger partial charge in [0.1, 0.15) is 0 Å². The lowest BCUT2D eigenvalue weighted by molar-refractivity contribution is -0.122. The van der Waals surface area contributed by atoms with Gasteiger partial charge in [0.15, 0.2) is 5.82 Å². The van der Waals surface area contributed by atoms with Gasteiger partial charge in [-0.15, -0.1) is 0 Å².